The van der Waals surface area contributed by atoms with Crippen LogP contribution in [0.4, 0.5) is 0 Å². The summed E-state index contributed by atoms with van der Waals surface area (Å²) in [4.78, 5) is 15.8. The van der Waals surface area contributed by atoms with Crippen molar-refractivity contribution < 1.29 is 4.79 Å². The van der Waals surface area contributed by atoms with Gasteiger partial charge in [-0.1, -0.05) is 6.92 Å². The summed E-state index contributed by atoms with van der Waals surface area (Å²) in [5.41, 5.74) is 2.29. The second-order valence-corrected chi connectivity index (χ2v) is 3.54. The molecular formula is C11H13N3O. The van der Waals surface area contributed by atoms with Crippen LogP contribution in [0.3, 0.4) is 0 Å². The van der Waals surface area contributed by atoms with E-state index in [1.165, 1.54) is 0 Å². The summed E-state index contributed by atoms with van der Waals surface area (Å²) in [6.07, 6.45) is 2.14. The van der Waals surface area contributed by atoms with Crippen LogP contribution in [0.2, 0.25) is 0 Å². The second kappa shape index (κ2) is 3.46. The average Bonchev–Trinajstić information content (AvgIpc) is 2.54. The van der Waals surface area contributed by atoms with Crippen molar-refractivity contribution in [2.24, 2.45) is 7.05 Å². The van der Waals surface area contributed by atoms with Gasteiger partial charge in [0, 0.05) is 25.1 Å². The van der Waals surface area contributed by atoms with E-state index in [0.29, 0.717) is 12.1 Å². The normalized spacial score (nSPS) is 10.9. The summed E-state index contributed by atoms with van der Waals surface area (Å²) >= 11 is 0. The molecule has 0 fully saturated rings. The van der Waals surface area contributed by atoms with E-state index in [4.69, 9.17) is 0 Å². The van der Waals surface area contributed by atoms with E-state index in [9.17, 15) is 4.79 Å². The van der Waals surface area contributed by atoms with E-state index in [-0.39, 0.29) is 5.78 Å². The molecule has 0 radical (unpaired) electrons. The Labute approximate surface area is 87.9 Å². The number of nitrogens with zero attached hydrogens (tertiary/aromatic N) is 3. The van der Waals surface area contributed by atoms with E-state index < -0.39 is 0 Å². The molecule has 0 N–H and O–H groups in total. The first kappa shape index (κ1) is 9.83. The van der Waals surface area contributed by atoms with Crippen molar-refractivity contribution in [1.82, 2.24) is 14.8 Å². The van der Waals surface area contributed by atoms with E-state index in [0.717, 1.165) is 16.6 Å². The molecule has 0 aliphatic carbocycles. The maximum absolute atomic E-state index is 11.7. The number of hydrogen-bond donors (Lipinski definition) is 0. The Kier molecular flexibility index (Phi) is 2.26. The van der Waals surface area contributed by atoms with Gasteiger partial charge in [0.25, 0.3) is 0 Å². The number of rotatable bonds is 2. The summed E-state index contributed by atoms with van der Waals surface area (Å²) in [6.45, 7) is 3.77. The van der Waals surface area contributed by atoms with Crippen LogP contribution in [-0.4, -0.2) is 20.5 Å². The van der Waals surface area contributed by atoms with Gasteiger partial charge < -0.3 is 0 Å². The molecule has 0 bridgehead atoms. The highest BCUT2D eigenvalue weighted by molar-refractivity contribution is 6.05. The number of fused-ring (bicyclic) bond motifs is 1. The van der Waals surface area contributed by atoms with Crippen molar-refractivity contribution in [3.8, 4) is 0 Å². The highest BCUT2D eigenvalue weighted by atomic mass is 16.1. The Morgan fingerprint density at radius 1 is 1.53 bits per heavy atom. The SMILES string of the molecule is CCC(=O)c1nccc2c(C)nn(C)c12. The summed E-state index contributed by atoms with van der Waals surface area (Å²) in [7, 11) is 1.84. The predicted octanol–water partition coefficient (Wildman–Crippen LogP) is 1.87. The first-order valence-electron chi connectivity index (χ1n) is 4.96. The molecule has 2 aromatic heterocycles. The fraction of sp³-hybridized carbons (Fsp3) is 0.364. The number of carbonyl (C=O) groups excluding carboxylic acids is 1. The molecule has 2 aromatic rings. The molecule has 2 rings (SSSR count). The molecule has 0 atom stereocenters. The van der Waals surface area contributed by atoms with Crippen LogP contribution in [0.1, 0.15) is 29.5 Å². The molecule has 0 saturated heterocycles. The number of carbonyl (C=O) groups is 1. The smallest absolute Gasteiger partial charge is 0.183 e. The number of aromatic nitrogens is 3. The zero-order valence-electron chi connectivity index (χ0n) is 9.11. The first-order chi connectivity index (χ1) is 7.15. The zero-order valence-corrected chi connectivity index (χ0v) is 9.11. The fourth-order valence-electron chi connectivity index (χ4n) is 1.77. The van der Waals surface area contributed by atoms with E-state index in [1.807, 2.05) is 27.0 Å². The molecule has 0 aliphatic rings. The summed E-state index contributed by atoms with van der Waals surface area (Å²) < 4.78 is 1.72. The minimum Gasteiger partial charge on any atom is -0.292 e. The maximum atomic E-state index is 11.7. The Balaban J connectivity index is 2.80. The van der Waals surface area contributed by atoms with Gasteiger partial charge >= 0.3 is 0 Å². The molecule has 4 nitrogen and oxygen atoms in total. The molecule has 4 heteroatoms. The molecule has 15 heavy (non-hydrogen) atoms. The summed E-state index contributed by atoms with van der Waals surface area (Å²) in [6, 6.07) is 1.89. The van der Waals surface area contributed by atoms with Crippen LogP contribution in [0.15, 0.2) is 12.3 Å². The number of ketones is 1. The molecule has 0 unspecified atom stereocenters. The molecule has 0 amide bonds. The maximum Gasteiger partial charge on any atom is 0.183 e. The quantitative estimate of drug-likeness (QED) is 0.700. The lowest BCUT2D eigenvalue weighted by Gasteiger charge is -2.00. The summed E-state index contributed by atoms with van der Waals surface area (Å²) in [5.74, 6) is 0.0589. The van der Waals surface area contributed by atoms with Gasteiger partial charge in [0.1, 0.15) is 5.69 Å². The van der Waals surface area contributed by atoms with Gasteiger partial charge in [-0.3, -0.25) is 14.5 Å². The third-order valence-electron chi connectivity index (χ3n) is 2.52. The minimum absolute atomic E-state index is 0.0589. The molecule has 78 valence electrons. The number of pyridine rings is 1. The Morgan fingerprint density at radius 3 is 2.93 bits per heavy atom. The van der Waals surface area contributed by atoms with Gasteiger partial charge in [-0.2, -0.15) is 5.10 Å². The van der Waals surface area contributed by atoms with Crippen molar-refractivity contribution in [3.05, 3.63) is 23.7 Å². The van der Waals surface area contributed by atoms with Crippen molar-refractivity contribution in [3.63, 3.8) is 0 Å². The Morgan fingerprint density at radius 2 is 2.27 bits per heavy atom. The highest BCUT2D eigenvalue weighted by Gasteiger charge is 2.14. The lowest BCUT2D eigenvalue weighted by molar-refractivity contribution is 0.0984. The van der Waals surface area contributed by atoms with Crippen LogP contribution in [0.25, 0.3) is 10.9 Å². The van der Waals surface area contributed by atoms with E-state index >= 15 is 0 Å². The monoisotopic (exact) mass is 203 g/mol. The lowest BCUT2D eigenvalue weighted by atomic mass is 10.1. The largest absolute Gasteiger partial charge is 0.292 e. The van der Waals surface area contributed by atoms with Crippen molar-refractivity contribution in [2.45, 2.75) is 20.3 Å². The third kappa shape index (κ3) is 1.42. The lowest BCUT2D eigenvalue weighted by Crippen LogP contribution is -2.04. The van der Waals surface area contributed by atoms with Gasteiger partial charge in [0.05, 0.1) is 11.2 Å². The summed E-state index contributed by atoms with van der Waals surface area (Å²) in [5, 5.41) is 5.30. The van der Waals surface area contributed by atoms with Gasteiger partial charge in [-0.05, 0) is 13.0 Å². The van der Waals surface area contributed by atoms with Crippen LogP contribution < -0.4 is 0 Å². The van der Waals surface area contributed by atoms with Gasteiger partial charge in [-0.15, -0.1) is 0 Å². The van der Waals surface area contributed by atoms with Gasteiger partial charge in [-0.25, -0.2) is 0 Å². The van der Waals surface area contributed by atoms with E-state index in [1.54, 1.807) is 10.9 Å². The molecule has 0 saturated carbocycles. The van der Waals surface area contributed by atoms with Crippen LogP contribution in [0.5, 0.6) is 0 Å². The van der Waals surface area contributed by atoms with Crippen LogP contribution in [0, 0.1) is 6.92 Å². The van der Waals surface area contributed by atoms with Gasteiger partial charge in [0.15, 0.2) is 5.78 Å². The molecule has 2 heterocycles. The first-order valence-corrected chi connectivity index (χ1v) is 4.96. The average molecular weight is 203 g/mol. The fourth-order valence-corrected chi connectivity index (χ4v) is 1.77. The van der Waals surface area contributed by atoms with Crippen molar-refractivity contribution in [2.75, 3.05) is 0 Å². The van der Waals surface area contributed by atoms with Crippen LogP contribution >= 0.6 is 0 Å². The second-order valence-electron chi connectivity index (χ2n) is 3.54. The Hall–Kier alpha value is -1.71. The predicted molar refractivity (Wildman–Crippen MR) is 57.9 cm³/mol. The van der Waals surface area contributed by atoms with Crippen molar-refractivity contribution in [1.29, 1.82) is 0 Å². The molecule has 0 aliphatic heterocycles. The highest BCUT2D eigenvalue weighted by Crippen LogP contribution is 2.20. The molecular weight excluding hydrogens is 190 g/mol. The van der Waals surface area contributed by atoms with Gasteiger partial charge in [0.2, 0.25) is 0 Å². The molecule has 0 aromatic carbocycles. The third-order valence-corrected chi connectivity index (χ3v) is 2.52. The topological polar surface area (TPSA) is 47.8 Å². The minimum atomic E-state index is 0.0589. The number of aryl methyl sites for hydroxylation is 2. The number of Topliss-reactive ketones (excluding diaryl/α,β-unsaturated/α-hetero) is 1. The standard InChI is InChI=1S/C11H13N3O/c1-4-9(15)10-11-8(5-6-12-10)7(2)13-14(11)3/h5-6H,4H2,1-3H3. The van der Waals surface area contributed by atoms with Crippen LogP contribution in [-0.2, 0) is 7.05 Å². The van der Waals surface area contributed by atoms with Crippen molar-refractivity contribution >= 4 is 16.7 Å². The number of hydrogen-bond acceptors (Lipinski definition) is 3. The Bertz CT molecular complexity index is 528. The molecule has 0 spiro atoms. The van der Waals surface area contributed by atoms with E-state index in [2.05, 4.69) is 10.1 Å². The zero-order chi connectivity index (χ0) is 11.0.